The summed E-state index contributed by atoms with van der Waals surface area (Å²) in [5.41, 5.74) is 6.19. The number of nitrogens with two attached hydrogens (primary N) is 1. The number of carbonyl (C=O) groups is 1. The first kappa shape index (κ1) is 9.45. The van der Waals surface area contributed by atoms with Gasteiger partial charge in [0.1, 0.15) is 17.2 Å². The smallest absolute Gasteiger partial charge is 0.354 e. The Kier molecular flexibility index (Phi) is 1.85. The van der Waals surface area contributed by atoms with Crippen molar-refractivity contribution in [3.8, 4) is 0 Å². The summed E-state index contributed by atoms with van der Waals surface area (Å²) in [5, 5.41) is 9.58. The molecule has 0 aliphatic carbocycles. The van der Waals surface area contributed by atoms with Gasteiger partial charge in [0.2, 0.25) is 0 Å². The fourth-order valence-electron chi connectivity index (χ4n) is 1.59. The molecule has 0 bridgehead atoms. The topological polar surface area (TPSA) is 94.0 Å². The molecule has 0 radical (unpaired) electrons. The summed E-state index contributed by atoms with van der Waals surface area (Å²) in [5.74, 6) is -0.251. The molecule has 2 aromatic rings. The van der Waals surface area contributed by atoms with Crippen LogP contribution in [0.5, 0.6) is 0 Å². The van der Waals surface area contributed by atoms with E-state index in [0.29, 0.717) is 22.5 Å². The number of hydrogen-bond donors (Lipinski definition) is 2. The number of nitrogens with zero attached hydrogens (tertiary/aromatic N) is 3. The Bertz CT molecular complexity index is 559. The molecule has 3 N–H and O–H groups in total. The largest absolute Gasteiger partial charge is 0.477 e. The van der Waals surface area contributed by atoms with E-state index in [4.69, 9.17) is 10.8 Å². The van der Waals surface area contributed by atoms with Crippen molar-refractivity contribution in [1.29, 1.82) is 0 Å². The van der Waals surface area contributed by atoms with Gasteiger partial charge in [-0.25, -0.2) is 14.8 Å². The third-order valence-electron chi connectivity index (χ3n) is 2.19. The Balaban J connectivity index is 2.93. The van der Waals surface area contributed by atoms with Crippen LogP contribution in [0, 0.1) is 6.92 Å². The third kappa shape index (κ3) is 1.30. The van der Waals surface area contributed by atoms with Gasteiger partial charge >= 0.3 is 5.97 Å². The molecule has 6 heteroatoms. The SMILES string of the molecule is Cc1nc(N)c2cn(C)c(C(=O)O)c2n1. The summed E-state index contributed by atoms with van der Waals surface area (Å²) in [6.07, 6.45) is 1.62. The lowest BCUT2D eigenvalue weighted by Gasteiger charge is -1.98. The number of aryl methyl sites for hydroxylation is 2. The molecule has 0 aromatic carbocycles. The van der Waals surface area contributed by atoms with Crippen molar-refractivity contribution in [3.63, 3.8) is 0 Å². The zero-order valence-corrected chi connectivity index (χ0v) is 8.35. The number of rotatable bonds is 1. The molecule has 0 amide bonds. The van der Waals surface area contributed by atoms with E-state index in [-0.39, 0.29) is 5.69 Å². The molecule has 0 atom stereocenters. The van der Waals surface area contributed by atoms with Crippen LogP contribution in [0.3, 0.4) is 0 Å². The van der Waals surface area contributed by atoms with Crippen molar-refractivity contribution < 1.29 is 9.90 Å². The molecule has 6 nitrogen and oxygen atoms in total. The predicted molar refractivity (Wildman–Crippen MR) is 54.6 cm³/mol. The second-order valence-electron chi connectivity index (χ2n) is 3.31. The normalized spacial score (nSPS) is 10.8. The van der Waals surface area contributed by atoms with Gasteiger partial charge in [0.15, 0.2) is 5.69 Å². The van der Waals surface area contributed by atoms with Crippen LogP contribution in [0.25, 0.3) is 10.9 Å². The molecule has 2 heterocycles. The summed E-state index contributed by atoms with van der Waals surface area (Å²) < 4.78 is 1.48. The molecule has 0 fully saturated rings. The maximum atomic E-state index is 11.0. The van der Waals surface area contributed by atoms with Gasteiger partial charge in [0.05, 0.1) is 5.39 Å². The highest BCUT2D eigenvalue weighted by molar-refractivity contribution is 6.03. The number of nitrogen functional groups attached to an aromatic ring is 1. The number of fused-ring (bicyclic) bond motifs is 1. The average molecular weight is 206 g/mol. The number of aromatic nitrogens is 3. The Labute approximate surface area is 85.4 Å². The highest BCUT2D eigenvalue weighted by atomic mass is 16.4. The van der Waals surface area contributed by atoms with Crippen LogP contribution in [0.4, 0.5) is 5.82 Å². The molecule has 15 heavy (non-hydrogen) atoms. The second kappa shape index (κ2) is 2.94. The average Bonchev–Trinajstić information content (AvgIpc) is 2.41. The van der Waals surface area contributed by atoms with Gasteiger partial charge in [0.25, 0.3) is 0 Å². The Morgan fingerprint density at radius 1 is 1.53 bits per heavy atom. The van der Waals surface area contributed by atoms with Gasteiger partial charge in [-0.3, -0.25) is 0 Å². The van der Waals surface area contributed by atoms with Crippen molar-refractivity contribution in [2.45, 2.75) is 6.92 Å². The highest BCUT2D eigenvalue weighted by Crippen LogP contribution is 2.22. The first-order valence-electron chi connectivity index (χ1n) is 4.33. The minimum absolute atomic E-state index is 0.127. The quantitative estimate of drug-likeness (QED) is 0.710. The van der Waals surface area contributed by atoms with Gasteiger partial charge in [-0.15, -0.1) is 0 Å². The molecule has 0 saturated heterocycles. The number of anilines is 1. The van der Waals surface area contributed by atoms with Gasteiger partial charge in [-0.05, 0) is 6.92 Å². The fraction of sp³-hybridized carbons (Fsp3) is 0.222. The minimum Gasteiger partial charge on any atom is -0.477 e. The molecule has 78 valence electrons. The summed E-state index contributed by atoms with van der Waals surface area (Å²) in [6, 6.07) is 0. The van der Waals surface area contributed by atoms with E-state index < -0.39 is 5.97 Å². The summed E-state index contributed by atoms with van der Waals surface area (Å²) >= 11 is 0. The molecule has 2 rings (SSSR count). The van der Waals surface area contributed by atoms with E-state index in [1.54, 1.807) is 20.2 Å². The van der Waals surface area contributed by atoms with Crippen molar-refractivity contribution >= 4 is 22.7 Å². The van der Waals surface area contributed by atoms with Gasteiger partial charge in [-0.2, -0.15) is 0 Å². The lowest BCUT2D eigenvalue weighted by molar-refractivity contribution is 0.0688. The second-order valence-corrected chi connectivity index (χ2v) is 3.31. The van der Waals surface area contributed by atoms with Crippen LogP contribution in [-0.4, -0.2) is 25.6 Å². The Morgan fingerprint density at radius 3 is 2.80 bits per heavy atom. The molecule has 2 aromatic heterocycles. The number of hydrogen-bond acceptors (Lipinski definition) is 4. The first-order valence-corrected chi connectivity index (χ1v) is 4.33. The first-order chi connectivity index (χ1) is 7.00. The third-order valence-corrected chi connectivity index (χ3v) is 2.19. The van der Waals surface area contributed by atoms with Crippen LogP contribution in [0.1, 0.15) is 16.3 Å². The number of carboxylic acid groups (broad SMARTS) is 1. The lowest BCUT2D eigenvalue weighted by atomic mass is 10.3. The van der Waals surface area contributed by atoms with Crippen LogP contribution < -0.4 is 5.73 Å². The summed E-state index contributed by atoms with van der Waals surface area (Å²) in [6.45, 7) is 1.68. The molecule has 0 unspecified atom stereocenters. The maximum Gasteiger partial charge on any atom is 0.354 e. The van der Waals surface area contributed by atoms with E-state index in [1.165, 1.54) is 4.57 Å². The van der Waals surface area contributed by atoms with E-state index in [2.05, 4.69) is 9.97 Å². The molecule has 0 aliphatic heterocycles. The van der Waals surface area contributed by atoms with E-state index in [9.17, 15) is 4.79 Å². The van der Waals surface area contributed by atoms with Crippen molar-refractivity contribution in [1.82, 2.24) is 14.5 Å². The number of aromatic carboxylic acids is 1. The van der Waals surface area contributed by atoms with Gasteiger partial charge in [-0.1, -0.05) is 0 Å². The fourth-order valence-corrected chi connectivity index (χ4v) is 1.59. The van der Waals surface area contributed by atoms with Gasteiger partial charge < -0.3 is 15.4 Å². The molecule has 0 spiro atoms. The molecule has 0 aliphatic rings. The lowest BCUT2D eigenvalue weighted by Crippen LogP contribution is -2.05. The van der Waals surface area contributed by atoms with E-state index >= 15 is 0 Å². The zero-order chi connectivity index (χ0) is 11.2. The van der Waals surface area contributed by atoms with Crippen LogP contribution in [0.2, 0.25) is 0 Å². The van der Waals surface area contributed by atoms with Crippen molar-refractivity contribution in [2.75, 3.05) is 5.73 Å². The van der Waals surface area contributed by atoms with E-state index in [0.717, 1.165) is 0 Å². The van der Waals surface area contributed by atoms with Crippen molar-refractivity contribution in [2.24, 2.45) is 7.05 Å². The van der Waals surface area contributed by atoms with Crippen LogP contribution in [0.15, 0.2) is 6.20 Å². The highest BCUT2D eigenvalue weighted by Gasteiger charge is 2.17. The number of carboxylic acids is 1. The molecular weight excluding hydrogens is 196 g/mol. The van der Waals surface area contributed by atoms with Crippen LogP contribution >= 0.6 is 0 Å². The van der Waals surface area contributed by atoms with Crippen LogP contribution in [-0.2, 0) is 7.05 Å². The summed E-state index contributed by atoms with van der Waals surface area (Å²) in [4.78, 5) is 19.1. The Hall–Kier alpha value is -2.11. The summed E-state index contributed by atoms with van der Waals surface area (Å²) in [7, 11) is 1.64. The van der Waals surface area contributed by atoms with Gasteiger partial charge in [0, 0.05) is 13.2 Å². The molecule has 0 saturated carbocycles. The van der Waals surface area contributed by atoms with E-state index in [1.807, 2.05) is 0 Å². The minimum atomic E-state index is -1.02. The Morgan fingerprint density at radius 2 is 2.20 bits per heavy atom. The van der Waals surface area contributed by atoms with Crippen molar-refractivity contribution in [3.05, 3.63) is 17.7 Å². The molecular formula is C9H10N4O2. The standard InChI is InChI=1S/C9H10N4O2/c1-4-11-6-5(8(10)12-4)3-13(2)7(6)9(14)15/h3H,1-2H3,(H,14,15)(H2,10,11,12). The zero-order valence-electron chi connectivity index (χ0n) is 8.35. The maximum absolute atomic E-state index is 11.0. The monoisotopic (exact) mass is 206 g/mol. The predicted octanol–water partition coefficient (Wildman–Crippen LogP) is 0.557.